The number of hydrogen-bond donors (Lipinski definition) is 2. The van der Waals surface area contributed by atoms with Crippen LogP contribution in [-0.2, 0) is 4.79 Å². The zero-order chi connectivity index (χ0) is 23.6. The molecule has 0 saturated carbocycles. The van der Waals surface area contributed by atoms with Crippen molar-refractivity contribution in [3.63, 3.8) is 0 Å². The fourth-order valence-electron chi connectivity index (χ4n) is 3.88. The molecule has 0 aliphatic heterocycles. The lowest BCUT2D eigenvalue weighted by Crippen LogP contribution is -2.08. The minimum absolute atomic E-state index is 0.00163. The van der Waals surface area contributed by atoms with E-state index < -0.39 is 5.43 Å². The van der Waals surface area contributed by atoms with Gasteiger partial charge in [0.05, 0.1) is 5.56 Å². The average molecular weight is 453 g/mol. The molecule has 2 aromatic carbocycles. The molecule has 0 fully saturated rings. The van der Waals surface area contributed by atoms with Crippen LogP contribution in [0.15, 0.2) is 51.9 Å². The van der Waals surface area contributed by atoms with Gasteiger partial charge in [0.25, 0.3) is 0 Å². The van der Waals surface area contributed by atoms with Crippen LogP contribution in [0.25, 0.3) is 22.1 Å². The lowest BCUT2D eigenvalue weighted by atomic mass is 10.0. The monoisotopic (exact) mass is 452 g/mol. The number of aromatic hydroxyl groups is 2. The van der Waals surface area contributed by atoms with Gasteiger partial charge in [-0.05, 0) is 24.1 Å². The van der Waals surface area contributed by atoms with E-state index in [-0.39, 0.29) is 34.0 Å². The second-order valence-electron chi connectivity index (χ2n) is 8.39. The van der Waals surface area contributed by atoms with Crippen molar-refractivity contribution in [3.05, 3.63) is 52.9 Å². The van der Waals surface area contributed by atoms with E-state index in [1.807, 2.05) is 0 Å². The topological polar surface area (TPSA) is 97.0 Å². The highest BCUT2D eigenvalue weighted by atomic mass is 16.5. The standard InChI is InChI=1S/C27H32O6/c1-2-3-4-5-6-7-8-9-10-11-25(30)33-21-14-12-19(13-15-21)22-18-32-24-17-20(28)16-23(29)26(24)27(22)31/h12-18,28-29H,2-11H2,1H3. The number of carbonyl (C=O) groups excluding carboxylic acids is 1. The van der Waals surface area contributed by atoms with Gasteiger partial charge in [0.1, 0.15) is 34.5 Å². The van der Waals surface area contributed by atoms with E-state index >= 15 is 0 Å². The molecule has 6 heteroatoms. The molecule has 1 aromatic heterocycles. The SMILES string of the molecule is CCCCCCCCCCCC(=O)Oc1ccc(-c2coc3cc(O)cc(O)c3c2=O)cc1. The van der Waals surface area contributed by atoms with Crippen molar-refractivity contribution in [1.29, 1.82) is 0 Å². The molecule has 6 nitrogen and oxygen atoms in total. The highest BCUT2D eigenvalue weighted by Crippen LogP contribution is 2.30. The van der Waals surface area contributed by atoms with E-state index in [0.29, 0.717) is 17.7 Å². The first-order valence-electron chi connectivity index (χ1n) is 11.8. The number of carbonyl (C=O) groups is 1. The maximum atomic E-state index is 12.8. The van der Waals surface area contributed by atoms with Gasteiger partial charge < -0.3 is 19.4 Å². The maximum Gasteiger partial charge on any atom is 0.311 e. The van der Waals surface area contributed by atoms with Gasteiger partial charge in [0.2, 0.25) is 5.43 Å². The van der Waals surface area contributed by atoms with Crippen LogP contribution < -0.4 is 10.2 Å². The van der Waals surface area contributed by atoms with Gasteiger partial charge in [0, 0.05) is 18.6 Å². The number of hydrogen-bond acceptors (Lipinski definition) is 6. The Bertz CT molecular complexity index is 1110. The van der Waals surface area contributed by atoms with E-state index in [1.165, 1.54) is 50.9 Å². The summed E-state index contributed by atoms with van der Waals surface area (Å²) in [7, 11) is 0. The van der Waals surface area contributed by atoms with Crippen LogP contribution in [-0.4, -0.2) is 16.2 Å². The largest absolute Gasteiger partial charge is 0.508 e. The fraction of sp³-hybridized carbons (Fsp3) is 0.407. The molecule has 0 aliphatic carbocycles. The third kappa shape index (κ3) is 6.85. The van der Waals surface area contributed by atoms with Crippen LogP contribution in [0.2, 0.25) is 0 Å². The molecule has 0 amide bonds. The highest BCUT2D eigenvalue weighted by molar-refractivity contribution is 5.88. The second kappa shape index (κ2) is 12.1. The third-order valence-electron chi connectivity index (χ3n) is 5.72. The molecular weight excluding hydrogens is 420 g/mol. The smallest absolute Gasteiger partial charge is 0.311 e. The highest BCUT2D eigenvalue weighted by Gasteiger charge is 2.14. The minimum atomic E-state index is -0.413. The second-order valence-corrected chi connectivity index (χ2v) is 8.39. The quantitative estimate of drug-likeness (QED) is 0.180. The van der Waals surface area contributed by atoms with E-state index in [4.69, 9.17) is 9.15 Å². The third-order valence-corrected chi connectivity index (χ3v) is 5.72. The summed E-state index contributed by atoms with van der Waals surface area (Å²) in [6.07, 6.45) is 12.4. The number of ether oxygens (including phenoxy) is 1. The molecule has 0 unspecified atom stereocenters. The van der Waals surface area contributed by atoms with E-state index in [0.717, 1.165) is 25.3 Å². The van der Waals surface area contributed by atoms with Crippen LogP contribution in [0.5, 0.6) is 17.2 Å². The van der Waals surface area contributed by atoms with Crippen molar-refractivity contribution < 1.29 is 24.2 Å². The summed E-state index contributed by atoms with van der Waals surface area (Å²) >= 11 is 0. The normalized spacial score (nSPS) is 11.1. The fourth-order valence-corrected chi connectivity index (χ4v) is 3.88. The van der Waals surface area contributed by atoms with Gasteiger partial charge in [-0.15, -0.1) is 0 Å². The number of unbranched alkanes of at least 4 members (excludes halogenated alkanes) is 8. The number of benzene rings is 2. The van der Waals surface area contributed by atoms with E-state index in [1.54, 1.807) is 24.3 Å². The maximum absolute atomic E-state index is 12.8. The summed E-state index contributed by atoms with van der Waals surface area (Å²) < 4.78 is 10.8. The van der Waals surface area contributed by atoms with Gasteiger partial charge in [-0.1, -0.05) is 70.4 Å². The molecule has 176 valence electrons. The van der Waals surface area contributed by atoms with Crippen molar-refractivity contribution in [2.75, 3.05) is 0 Å². The predicted molar refractivity (Wildman–Crippen MR) is 129 cm³/mol. The Kier molecular flexibility index (Phi) is 8.93. The van der Waals surface area contributed by atoms with Gasteiger partial charge >= 0.3 is 5.97 Å². The number of rotatable bonds is 12. The van der Waals surface area contributed by atoms with Crippen LogP contribution in [0, 0.1) is 0 Å². The number of phenolic OH excluding ortho intramolecular Hbond substituents is 2. The molecule has 1 heterocycles. The Morgan fingerprint density at radius 3 is 2.21 bits per heavy atom. The van der Waals surface area contributed by atoms with Crippen LogP contribution in [0.4, 0.5) is 0 Å². The Balaban J connectivity index is 1.50. The molecular formula is C27H32O6. The van der Waals surface area contributed by atoms with Gasteiger partial charge in [-0.2, -0.15) is 0 Å². The molecule has 0 aliphatic rings. The summed E-state index contributed by atoms with van der Waals surface area (Å²) in [6.45, 7) is 2.22. The first-order valence-corrected chi connectivity index (χ1v) is 11.8. The number of phenols is 2. The van der Waals surface area contributed by atoms with Gasteiger partial charge in [-0.3, -0.25) is 9.59 Å². The van der Waals surface area contributed by atoms with Crippen LogP contribution in [0.3, 0.4) is 0 Å². The molecule has 3 rings (SSSR count). The van der Waals surface area contributed by atoms with E-state index in [9.17, 15) is 19.8 Å². The Morgan fingerprint density at radius 1 is 0.909 bits per heavy atom. The Hall–Kier alpha value is -3.28. The first kappa shape index (κ1) is 24.4. The molecule has 2 N–H and O–H groups in total. The summed E-state index contributed by atoms with van der Waals surface area (Å²) in [5.41, 5.74) is 0.514. The predicted octanol–water partition coefficient (Wildman–Crippen LogP) is 6.70. The summed E-state index contributed by atoms with van der Waals surface area (Å²) in [6, 6.07) is 8.96. The Labute approximate surface area is 193 Å². The molecule has 33 heavy (non-hydrogen) atoms. The van der Waals surface area contributed by atoms with Gasteiger partial charge in [0.15, 0.2) is 0 Å². The van der Waals surface area contributed by atoms with Crippen LogP contribution in [0.1, 0.15) is 71.1 Å². The minimum Gasteiger partial charge on any atom is -0.508 e. The zero-order valence-corrected chi connectivity index (χ0v) is 19.1. The lowest BCUT2D eigenvalue weighted by molar-refractivity contribution is -0.134. The molecule has 0 atom stereocenters. The van der Waals surface area contributed by atoms with Crippen molar-refractivity contribution >= 4 is 16.9 Å². The van der Waals surface area contributed by atoms with E-state index in [2.05, 4.69) is 6.92 Å². The van der Waals surface area contributed by atoms with Gasteiger partial charge in [-0.25, -0.2) is 0 Å². The summed E-state index contributed by atoms with van der Waals surface area (Å²) in [4.78, 5) is 24.9. The molecule has 0 spiro atoms. The Morgan fingerprint density at radius 2 is 1.55 bits per heavy atom. The number of esters is 1. The van der Waals surface area contributed by atoms with Crippen molar-refractivity contribution in [1.82, 2.24) is 0 Å². The molecule has 3 aromatic rings. The van der Waals surface area contributed by atoms with Crippen molar-refractivity contribution in [2.45, 2.75) is 71.1 Å². The lowest BCUT2D eigenvalue weighted by Gasteiger charge is -2.07. The molecule has 0 radical (unpaired) electrons. The van der Waals surface area contributed by atoms with Crippen molar-refractivity contribution in [3.8, 4) is 28.4 Å². The summed E-state index contributed by atoms with van der Waals surface area (Å²) in [5, 5.41) is 19.6. The van der Waals surface area contributed by atoms with Crippen LogP contribution >= 0.6 is 0 Å². The zero-order valence-electron chi connectivity index (χ0n) is 19.1. The number of fused-ring (bicyclic) bond motifs is 1. The average Bonchev–Trinajstić information content (AvgIpc) is 2.78. The van der Waals surface area contributed by atoms with Crippen molar-refractivity contribution in [2.24, 2.45) is 0 Å². The first-order chi connectivity index (χ1) is 16.0. The molecule has 0 saturated heterocycles. The summed E-state index contributed by atoms with van der Waals surface area (Å²) in [5.74, 6) is -0.384. The molecule has 0 bridgehead atoms.